The van der Waals surface area contributed by atoms with E-state index in [1.807, 2.05) is 13.8 Å². The van der Waals surface area contributed by atoms with Gasteiger partial charge in [-0.25, -0.2) is 0 Å². The van der Waals surface area contributed by atoms with E-state index in [0.29, 0.717) is 11.4 Å². The summed E-state index contributed by atoms with van der Waals surface area (Å²) >= 11 is 5.92. The van der Waals surface area contributed by atoms with Crippen LogP contribution < -0.4 is 10.2 Å². The van der Waals surface area contributed by atoms with Crippen LogP contribution in [0.25, 0.3) is 0 Å². The van der Waals surface area contributed by atoms with Gasteiger partial charge >= 0.3 is 0 Å². The lowest BCUT2D eigenvalue weighted by atomic mass is 9.88. The van der Waals surface area contributed by atoms with Crippen LogP contribution in [0.4, 0.5) is 5.69 Å². The maximum atomic E-state index is 13.0. The van der Waals surface area contributed by atoms with Gasteiger partial charge in [0.1, 0.15) is 11.6 Å². The predicted molar refractivity (Wildman–Crippen MR) is 82.3 cm³/mol. The van der Waals surface area contributed by atoms with E-state index in [-0.39, 0.29) is 17.7 Å². The molecule has 1 N–H and O–H groups in total. The summed E-state index contributed by atoms with van der Waals surface area (Å²) < 4.78 is 0. The van der Waals surface area contributed by atoms with Crippen LogP contribution >= 0.6 is 11.6 Å². The average Bonchev–Trinajstić information content (AvgIpc) is 3.28. The number of anilines is 1. The summed E-state index contributed by atoms with van der Waals surface area (Å²) in [6.07, 6.45) is 2.57. The SMILES string of the molecule is CCC1C(=O)NC(C)(C2CC2)C(=O)N1c1ccc(Cl)cc1. The molecule has 112 valence electrons. The molecular formula is C16H19ClN2O2. The quantitative estimate of drug-likeness (QED) is 0.933. The molecule has 1 aliphatic carbocycles. The van der Waals surface area contributed by atoms with Gasteiger partial charge < -0.3 is 5.32 Å². The maximum Gasteiger partial charge on any atom is 0.253 e. The number of benzene rings is 1. The van der Waals surface area contributed by atoms with Crippen molar-refractivity contribution in [1.82, 2.24) is 5.32 Å². The fraction of sp³-hybridized carbons (Fsp3) is 0.500. The van der Waals surface area contributed by atoms with Crippen molar-refractivity contribution in [3.63, 3.8) is 0 Å². The molecule has 2 amide bonds. The van der Waals surface area contributed by atoms with Crippen LogP contribution in [0.2, 0.25) is 5.02 Å². The van der Waals surface area contributed by atoms with Gasteiger partial charge in [-0.3, -0.25) is 14.5 Å². The molecule has 0 spiro atoms. The highest BCUT2D eigenvalue weighted by atomic mass is 35.5. The van der Waals surface area contributed by atoms with Gasteiger partial charge in [0.25, 0.3) is 5.91 Å². The number of carbonyl (C=O) groups is 2. The fourth-order valence-electron chi connectivity index (χ4n) is 3.11. The van der Waals surface area contributed by atoms with Crippen molar-refractivity contribution in [3.8, 4) is 0 Å². The van der Waals surface area contributed by atoms with E-state index in [0.717, 1.165) is 18.5 Å². The van der Waals surface area contributed by atoms with Gasteiger partial charge in [0, 0.05) is 10.7 Å². The highest BCUT2D eigenvalue weighted by Crippen LogP contribution is 2.43. The van der Waals surface area contributed by atoms with Gasteiger partial charge in [-0.05, 0) is 56.4 Å². The Morgan fingerprint density at radius 1 is 1.29 bits per heavy atom. The van der Waals surface area contributed by atoms with E-state index >= 15 is 0 Å². The molecule has 1 aromatic rings. The molecule has 1 heterocycles. The molecule has 0 radical (unpaired) electrons. The number of nitrogens with zero attached hydrogens (tertiary/aromatic N) is 1. The Labute approximate surface area is 129 Å². The second-order valence-electron chi connectivity index (χ2n) is 6.04. The van der Waals surface area contributed by atoms with Gasteiger partial charge in [-0.1, -0.05) is 18.5 Å². The third kappa shape index (κ3) is 2.31. The zero-order valence-electron chi connectivity index (χ0n) is 12.2. The number of amides is 2. The first-order chi connectivity index (χ1) is 9.97. The van der Waals surface area contributed by atoms with Crippen molar-refractivity contribution in [1.29, 1.82) is 0 Å². The van der Waals surface area contributed by atoms with Crippen molar-refractivity contribution in [2.24, 2.45) is 5.92 Å². The molecule has 2 atom stereocenters. The Morgan fingerprint density at radius 2 is 1.90 bits per heavy atom. The number of piperazine rings is 1. The maximum absolute atomic E-state index is 13.0. The Morgan fingerprint density at radius 3 is 2.43 bits per heavy atom. The summed E-state index contributed by atoms with van der Waals surface area (Å²) in [4.78, 5) is 27.1. The van der Waals surface area contributed by atoms with Gasteiger partial charge in [0.2, 0.25) is 5.91 Å². The van der Waals surface area contributed by atoms with Crippen molar-refractivity contribution in [3.05, 3.63) is 29.3 Å². The third-order valence-electron chi connectivity index (χ3n) is 4.55. The minimum atomic E-state index is -0.775. The third-order valence-corrected chi connectivity index (χ3v) is 4.80. The lowest BCUT2D eigenvalue weighted by Gasteiger charge is -2.44. The zero-order chi connectivity index (χ0) is 15.2. The van der Waals surface area contributed by atoms with E-state index < -0.39 is 11.6 Å². The van der Waals surface area contributed by atoms with Crippen LogP contribution in [-0.2, 0) is 9.59 Å². The molecule has 5 heteroatoms. The second-order valence-corrected chi connectivity index (χ2v) is 6.48. The van der Waals surface area contributed by atoms with Gasteiger partial charge in [-0.15, -0.1) is 0 Å². The van der Waals surface area contributed by atoms with E-state index in [4.69, 9.17) is 11.6 Å². The van der Waals surface area contributed by atoms with Crippen LogP contribution in [-0.4, -0.2) is 23.4 Å². The molecule has 1 aliphatic heterocycles. The number of nitrogens with one attached hydrogen (secondary N) is 1. The standard InChI is InChI=1S/C16H19ClN2O2/c1-3-13-14(20)18-16(2,10-4-5-10)15(21)19(13)12-8-6-11(17)7-9-12/h6-10,13H,3-5H2,1-2H3,(H,18,20). The van der Waals surface area contributed by atoms with Gasteiger partial charge in [0.05, 0.1) is 0 Å². The molecular weight excluding hydrogens is 288 g/mol. The van der Waals surface area contributed by atoms with Gasteiger partial charge in [0.15, 0.2) is 0 Å². The summed E-state index contributed by atoms with van der Waals surface area (Å²) in [6.45, 7) is 3.76. The van der Waals surface area contributed by atoms with Crippen molar-refractivity contribution < 1.29 is 9.59 Å². The van der Waals surface area contributed by atoms with E-state index in [1.165, 1.54) is 0 Å². The Bertz CT molecular complexity index is 582. The van der Waals surface area contributed by atoms with E-state index in [1.54, 1.807) is 29.2 Å². The number of carbonyl (C=O) groups excluding carboxylic acids is 2. The molecule has 4 nitrogen and oxygen atoms in total. The molecule has 0 bridgehead atoms. The van der Waals surface area contributed by atoms with Crippen LogP contribution in [0.1, 0.15) is 33.1 Å². The monoisotopic (exact) mass is 306 g/mol. The first kappa shape index (κ1) is 14.4. The Balaban J connectivity index is 2.02. The number of hydrogen-bond donors (Lipinski definition) is 1. The molecule has 1 saturated heterocycles. The molecule has 0 aromatic heterocycles. The summed E-state index contributed by atoms with van der Waals surface area (Å²) in [5.41, 5.74) is -0.0412. The Hall–Kier alpha value is -1.55. The molecule has 1 aromatic carbocycles. The van der Waals surface area contributed by atoms with Crippen molar-refractivity contribution >= 4 is 29.1 Å². The fourth-order valence-corrected chi connectivity index (χ4v) is 3.23. The molecule has 2 unspecified atom stereocenters. The molecule has 2 fully saturated rings. The Kier molecular flexibility index (Phi) is 3.44. The summed E-state index contributed by atoms with van der Waals surface area (Å²) in [7, 11) is 0. The molecule has 2 aliphatic rings. The highest BCUT2D eigenvalue weighted by molar-refractivity contribution is 6.30. The van der Waals surface area contributed by atoms with Crippen LogP contribution in [0.3, 0.4) is 0 Å². The van der Waals surface area contributed by atoms with Crippen molar-refractivity contribution in [2.75, 3.05) is 4.90 Å². The second kappa shape index (κ2) is 5.02. The van der Waals surface area contributed by atoms with Crippen LogP contribution in [0, 0.1) is 5.92 Å². The molecule has 1 saturated carbocycles. The number of rotatable bonds is 3. The van der Waals surface area contributed by atoms with Crippen LogP contribution in [0.15, 0.2) is 24.3 Å². The lowest BCUT2D eigenvalue weighted by Crippen LogP contribution is -2.70. The summed E-state index contributed by atoms with van der Waals surface area (Å²) in [6, 6.07) is 6.64. The zero-order valence-corrected chi connectivity index (χ0v) is 13.0. The number of hydrogen-bond acceptors (Lipinski definition) is 2. The molecule has 3 rings (SSSR count). The summed E-state index contributed by atoms with van der Waals surface area (Å²) in [5.74, 6) is 0.168. The predicted octanol–water partition coefficient (Wildman–Crippen LogP) is 2.75. The van der Waals surface area contributed by atoms with E-state index in [2.05, 4.69) is 5.32 Å². The van der Waals surface area contributed by atoms with Gasteiger partial charge in [-0.2, -0.15) is 0 Å². The topological polar surface area (TPSA) is 49.4 Å². The number of halogens is 1. The van der Waals surface area contributed by atoms with Crippen LogP contribution in [0.5, 0.6) is 0 Å². The summed E-state index contributed by atoms with van der Waals surface area (Å²) in [5, 5.41) is 3.58. The highest BCUT2D eigenvalue weighted by Gasteiger charge is 2.55. The molecule has 21 heavy (non-hydrogen) atoms. The van der Waals surface area contributed by atoms with E-state index in [9.17, 15) is 9.59 Å². The average molecular weight is 307 g/mol. The first-order valence-electron chi connectivity index (χ1n) is 7.38. The normalized spacial score (nSPS) is 29.5. The first-order valence-corrected chi connectivity index (χ1v) is 7.76. The minimum absolute atomic E-state index is 0.0150. The smallest absolute Gasteiger partial charge is 0.253 e. The largest absolute Gasteiger partial charge is 0.340 e. The lowest BCUT2D eigenvalue weighted by molar-refractivity contribution is -0.138. The van der Waals surface area contributed by atoms with Crippen molar-refractivity contribution in [2.45, 2.75) is 44.7 Å². The minimum Gasteiger partial charge on any atom is -0.340 e.